The van der Waals surface area contributed by atoms with Gasteiger partial charge in [-0.05, 0) is 36.4 Å². The molecule has 4 rings (SSSR count). The summed E-state index contributed by atoms with van der Waals surface area (Å²) >= 11 is 0.836. The summed E-state index contributed by atoms with van der Waals surface area (Å²) in [4.78, 5) is 24.3. The largest absolute Gasteiger partial charge is 0.457 e. The lowest BCUT2D eigenvalue weighted by atomic mass is 10.2. The minimum atomic E-state index is -0.615. The van der Waals surface area contributed by atoms with E-state index in [0.717, 1.165) is 15.9 Å². The number of hydrogen-bond acceptors (Lipinski definition) is 4. The van der Waals surface area contributed by atoms with Crippen LogP contribution in [0.3, 0.4) is 0 Å². The summed E-state index contributed by atoms with van der Waals surface area (Å²) in [6.45, 7) is 0. The lowest BCUT2D eigenvalue weighted by Gasteiger charge is -2.08. The smallest absolute Gasteiger partial charge is 0.315 e. The number of nitrogens with zero attached hydrogens (tertiary/aromatic N) is 1. The van der Waals surface area contributed by atoms with Crippen LogP contribution in [-0.2, 0) is 0 Å². The number of hydrogen-bond donors (Lipinski definition) is 0. The Balaban J connectivity index is 1.67. The molecule has 0 aliphatic carbocycles. The second-order valence-electron chi connectivity index (χ2n) is 5.91. The fourth-order valence-electron chi connectivity index (χ4n) is 2.79. The Morgan fingerprint density at radius 1 is 0.964 bits per heavy atom. The van der Waals surface area contributed by atoms with Crippen LogP contribution in [0.1, 0.15) is 10.4 Å². The molecule has 0 N–H and O–H groups in total. The van der Waals surface area contributed by atoms with Gasteiger partial charge in [-0.2, -0.15) is 0 Å². The summed E-state index contributed by atoms with van der Waals surface area (Å²) in [6, 6.07) is 20.8. The molecule has 6 heteroatoms. The van der Waals surface area contributed by atoms with Gasteiger partial charge in [0.2, 0.25) is 0 Å². The molecule has 0 radical (unpaired) electrons. The monoisotopic (exact) mass is 391 g/mol. The van der Waals surface area contributed by atoms with Gasteiger partial charge >= 0.3 is 4.87 Å². The number of rotatable bonds is 4. The molecular formula is C22H14FNO3S. The fraction of sp³-hybridized carbons (Fsp3) is 0. The number of thiazole rings is 1. The van der Waals surface area contributed by atoms with Crippen molar-refractivity contribution in [3.05, 3.63) is 99.9 Å². The molecule has 0 bridgehead atoms. The van der Waals surface area contributed by atoms with E-state index in [1.165, 1.54) is 18.2 Å². The van der Waals surface area contributed by atoms with E-state index in [-0.39, 0.29) is 5.52 Å². The van der Waals surface area contributed by atoms with Crippen LogP contribution in [0.4, 0.5) is 4.39 Å². The minimum absolute atomic E-state index is 0.000899. The Morgan fingerprint density at radius 3 is 2.54 bits per heavy atom. The zero-order valence-electron chi connectivity index (χ0n) is 14.5. The predicted octanol–water partition coefficient (Wildman–Crippen LogP) is 5.35. The number of aromatic nitrogens is 1. The van der Waals surface area contributed by atoms with Crippen LogP contribution in [0, 0.1) is 5.82 Å². The summed E-state index contributed by atoms with van der Waals surface area (Å²) in [7, 11) is 0. The summed E-state index contributed by atoms with van der Waals surface area (Å²) in [5, 5.41) is 0. The van der Waals surface area contributed by atoms with Gasteiger partial charge in [-0.1, -0.05) is 53.8 Å². The highest BCUT2D eigenvalue weighted by molar-refractivity contribution is 7.16. The van der Waals surface area contributed by atoms with Crippen LogP contribution >= 0.6 is 11.3 Å². The van der Waals surface area contributed by atoms with E-state index >= 15 is 0 Å². The number of ether oxygens (including phenoxy) is 1. The molecule has 0 aliphatic rings. The first kappa shape index (κ1) is 17.9. The Labute approximate surface area is 163 Å². The van der Waals surface area contributed by atoms with Crippen molar-refractivity contribution in [3.63, 3.8) is 0 Å². The molecule has 4 nitrogen and oxygen atoms in total. The van der Waals surface area contributed by atoms with Crippen molar-refractivity contribution >= 4 is 33.5 Å². The summed E-state index contributed by atoms with van der Waals surface area (Å²) in [6.07, 6.45) is 2.80. The van der Waals surface area contributed by atoms with E-state index in [1.807, 2.05) is 42.5 Å². The van der Waals surface area contributed by atoms with Crippen molar-refractivity contribution in [1.82, 2.24) is 4.57 Å². The van der Waals surface area contributed by atoms with Gasteiger partial charge in [-0.15, -0.1) is 0 Å². The van der Waals surface area contributed by atoms with Crippen LogP contribution in [0.5, 0.6) is 11.5 Å². The molecule has 0 aliphatic heterocycles. The highest BCUT2D eigenvalue weighted by atomic mass is 32.1. The molecule has 0 amide bonds. The van der Waals surface area contributed by atoms with Gasteiger partial charge in [-0.25, -0.2) is 8.96 Å². The zero-order valence-corrected chi connectivity index (χ0v) is 15.4. The van der Waals surface area contributed by atoms with Crippen molar-refractivity contribution in [2.75, 3.05) is 0 Å². The fourth-order valence-corrected chi connectivity index (χ4v) is 3.68. The molecule has 1 heterocycles. The molecule has 0 atom stereocenters. The average Bonchev–Trinajstić information content (AvgIpc) is 3.05. The first-order valence-corrected chi connectivity index (χ1v) is 9.29. The van der Waals surface area contributed by atoms with Crippen molar-refractivity contribution in [2.24, 2.45) is 0 Å². The number of benzene rings is 3. The lowest BCUT2D eigenvalue weighted by Crippen LogP contribution is -2.20. The maximum Gasteiger partial charge on any atom is 0.315 e. The van der Waals surface area contributed by atoms with Crippen LogP contribution in [0.15, 0.2) is 83.7 Å². The normalized spacial score (nSPS) is 11.2. The standard InChI is InChI=1S/C22H14FNO3S/c23-17-10-6-12-19-21(17)24(22(26)28-19)20(25)14-13-15-7-4-5-11-18(15)27-16-8-2-1-3-9-16/h1-14H/b14-13+. The molecule has 0 unspecified atom stereocenters. The van der Waals surface area contributed by atoms with Crippen LogP contribution < -0.4 is 9.61 Å². The molecule has 0 fully saturated rings. The SMILES string of the molecule is O=C(/C=C/c1ccccc1Oc1ccccc1)n1c(=O)sc2cccc(F)c21. The van der Waals surface area contributed by atoms with E-state index in [9.17, 15) is 14.0 Å². The molecule has 1 aromatic heterocycles. The molecule has 4 aromatic rings. The van der Waals surface area contributed by atoms with Crippen molar-refractivity contribution in [1.29, 1.82) is 0 Å². The Hall–Kier alpha value is -3.51. The van der Waals surface area contributed by atoms with Gasteiger partial charge in [0.1, 0.15) is 22.8 Å². The van der Waals surface area contributed by atoms with Gasteiger partial charge in [0.05, 0.1) is 4.70 Å². The number of carbonyl (C=O) groups is 1. The van der Waals surface area contributed by atoms with E-state index in [1.54, 1.807) is 24.3 Å². The number of allylic oxidation sites excluding steroid dienone is 1. The number of para-hydroxylation sites is 3. The molecule has 0 saturated heterocycles. The van der Waals surface area contributed by atoms with E-state index < -0.39 is 16.6 Å². The molecular weight excluding hydrogens is 377 g/mol. The minimum Gasteiger partial charge on any atom is -0.457 e. The van der Waals surface area contributed by atoms with Crippen molar-refractivity contribution in [3.8, 4) is 11.5 Å². The van der Waals surface area contributed by atoms with Gasteiger partial charge in [-0.3, -0.25) is 9.59 Å². The predicted molar refractivity (Wildman–Crippen MR) is 109 cm³/mol. The molecule has 0 spiro atoms. The van der Waals surface area contributed by atoms with Crippen molar-refractivity contribution in [2.45, 2.75) is 0 Å². The second-order valence-corrected chi connectivity index (χ2v) is 6.91. The van der Waals surface area contributed by atoms with Crippen LogP contribution in [0.25, 0.3) is 16.3 Å². The lowest BCUT2D eigenvalue weighted by molar-refractivity contribution is 0.0972. The highest BCUT2D eigenvalue weighted by Gasteiger charge is 2.15. The van der Waals surface area contributed by atoms with Gasteiger partial charge in [0, 0.05) is 11.6 Å². The van der Waals surface area contributed by atoms with Crippen LogP contribution in [-0.4, -0.2) is 10.5 Å². The third-order valence-electron chi connectivity index (χ3n) is 4.07. The number of carbonyl (C=O) groups excluding carboxylic acids is 1. The highest BCUT2D eigenvalue weighted by Crippen LogP contribution is 2.26. The zero-order chi connectivity index (χ0) is 19.5. The van der Waals surface area contributed by atoms with Gasteiger partial charge < -0.3 is 4.74 Å². The molecule has 28 heavy (non-hydrogen) atoms. The topological polar surface area (TPSA) is 48.3 Å². The van der Waals surface area contributed by atoms with E-state index in [0.29, 0.717) is 21.8 Å². The van der Waals surface area contributed by atoms with Crippen LogP contribution in [0.2, 0.25) is 0 Å². The summed E-state index contributed by atoms with van der Waals surface area (Å²) in [5.41, 5.74) is 0.661. The quantitative estimate of drug-likeness (QED) is 0.441. The summed E-state index contributed by atoms with van der Waals surface area (Å²) in [5.74, 6) is 0.00419. The number of fused-ring (bicyclic) bond motifs is 1. The van der Waals surface area contributed by atoms with E-state index in [2.05, 4.69) is 0 Å². The van der Waals surface area contributed by atoms with E-state index in [4.69, 9.17) is 4.74 Å². The first-order valence-electron chi connectivity index (χ1n) is 8.48. The Kier molecular flexibility index (Phi) is 4.87. The van der Waals surface area contributed by atoms with Gasteiger partial charge in [0.25, 0.3) is 5.91 Å². The number of halogens is 1. The third-order valence-corrected chi connectivity index (χ3v) is 4.98. The molecule has 0 saturated carbocycles. The summed E-state index contributed by atoms with van der Waals surface area (Å²) < 4.78 is 21.3. The maximum absolute atomic E-state index is 14.1. The van der Waals surface area contributed by atoms with Crippen molar-refractivity contribution < 1.29 is 13.9 Å². The Bertz CT molecular complexity index is 1240. The molecule has 138 valence electrons. The second kappa shape index (κ2) is 7.62. The maximum atomic E-state index is 14.1. The third kappa shape index (κ3) is 3.50. The molecule has 3 aromatic carbocycles. The average molecular weight is 391 g/mol. The first-order chi connectivity index (χ1) is 13.6. The Morgan fingerprint density at radius 2 is 1.71 bits per heavy atom. The van der Waals surface area contributed by atoms with Gasteiger partial charge in [0.15, 0.2) is 0 Å².